The second-order valence-corrected chi connectivity index (χ2v) is 5.78. The molecule has 0 fully saturated rings. The van der Waals surface area contributed by atoms with Gasteiger partial charge >= 0.3 is 0 Å². The predicted octanol–water partition coefficient (Wildman–Crippen LogP) is 3.02. The lowest BCUT2D eigenvalue weighted by atomic mass is 10.4. The van der Waals surface area contributed by atoms with Crippen molar-refractivity contribution in [1.29, 1.82) is 0 Å². The number of rotatable bonds is 12. The molecule has 0 aromatic carbocycles. The van der Waals surface area contributed by atoms with E-state index < -0.39 is 0 Å². The monoisotopic (exact) mass is 317 g/mol. The molecule has 0 N–H and O–H groups in total. The molecular weight excluding hydrogens is 278 g/mol. The molecule has 22 heavy (non-hydrogen) atoms. The summed E-state index contributed by atoms with van der Waals surface area (Å²) in [6, 6.07) is 0. The molecule has 0 bridgehead atoms. The largest absolute Gasteiger partial charge is 0.345 e. The maximum atomic E-state index is 6.13. The molecule has 0 amide bonds. The molecule has 0 radical (unpaired) electrons. The number of nitrogens with zero attached hydrogens (tertiary/aromatic N) is 3. The molecule has 4 atom stereocenters. The van der Waals surface area contributed by atoms with Crippen molar-refractivity contribution in [3.05, 3.63) is 0 Å². The highest BCUT2D eigenvalue weighted by Crippen LogP contribution is 2.13. The van der Waals surface area contributed by atoms with Crippen LogP contribution in [0.5, 0.6) is 0 Å². The Morgan fingerprint density at radius 1 is 0.591 bits per heavy atom. The van der Waals surface area contributed by atoms with Crippen molar-refractivity contribution >= 4 is 0 Å². The first-order valence-electron chi connectivity index (χ1n) is 8.83. The summed E-state index contributed by atoms with van der Waals surface area (Å²) in [5, 5.41) is 0. The lowest BCUT2D eigenvalue weighted by molar-refractivity contribution is -0.199. The third-order valence-electron chi connectivity index (χ3n) is 4.59. The van der Waals surface area contributed by atoms with Gasteiger partial charge in [-0.05, 0) is 60.9 Å². The number of ether oxygens (including phenoxy) is 2. The van der Waals surface area contributed by atoms with Crippen LogP contribution in [0.1, 0.15) is 55.4 Å². The summed E-state index contributed by atoms with van der Waals surface area (Å²) in [7, 11) is 2.05. The Morgan fingerprint density at radius 2 is 0.864 bits per heavy atom. The van der Waals surface area contributed by atoms with Gasteiger partial charge in [-0.15, -0.1) is 0 Å². The first kappa shape index (κ1) is 21.8. The second kappa shape index (κ2) is 11.4. The van der Waals surface area contributed by atoms with Crippen molar-refractivity contribution in [2.24, 2.45) is 0 Å². The van der Waals surface area contributed by atoms with Crippen LogP contribution in [0.4, 0.5) is 0 Å². The Bertz CT molecular complexity index is 245. The summed E-state index contributed by atoms with van der Waals surface area (Å²) >= 11 is 0. The Kier molecular flexibility index (Phi) is 11.3. The number of hydrogen-bond acceptors (Lipinski definition) is 5. The maximum Gasteiger partial charge on any atom is 0.111 e. The highest BCUT2D eigenvalue weighted by Gasteiger charge is 2.23. The van der Waals surface area contributed by atoms with Crippen molar-refractivity contribution in [3.8, 4) is 0 Å². The molecule has 0 aliphatic carbocycles. The van der Waals surface area contributed by atoms with Gasteiger partial charge in [-0.3, -0.25) is 14.7 Å². The van der Waals surface area contributed by atoms with E-state index in [0.717, 1.165) is 26.2 Å². The second-order valence-electron chi connectivity index (χ2n) is 5.78. The Hall–Kier alpha value is -0.200. The fraction of sp³-hybridized carbons (Fsp3) is 1.00. The average molecular weight is 318 g/mol. The Morgan fingerprint density at radius 3 is 1.09 bits per heavy atom. The molecule has 0 aromatic rings. The third kappa shape index (κ3) is 6.92. The molecule has 0 spiro atoms. The molecule has 0 saturated carbocycles. The van der Waals surface area contributed by atoms with Crippen LogP contribution >= 0.6 is 0 Å². The van der Waals surface area contributed by atoms with E-state index in [0.29, 0.717) is 0 Å². The molecule has 134 valence electrons. The van der Waals surface area contributed by atoms with Crippen molar-refractivity contribution < 1.29 is 9.47 Å². The first-order valence-corrected chi connectivity index (χ1v) is 8.83. The SMILES string of the molecule is CCN(CC)C(C)OC(C)N(C)C(C)OC(C)N(CC)CC. The molecule has 5 nitrogen and oxygen atoms in total. The van der Waals surface area contributed by atoms with Crippen LogP contribution in [-0.2, 0) is 9.47 Å². The van der Waals surface area contributed by atoms with Gasteiger partial charge in [-0.25, -0.2) is 0 Å². The molecule has 0 heterocycles. The van der Waals surface area contributed by atoms with Crippen LogP contribution in [0.15, 0.2) is 0 Å². The van der Waals surface area contributed by atoms with E-state index >= 15 is 0 Å². The summed E-state index contributed by atoms with van der Waals surface area (Å²) in [4.78, 5) is 6.74. The highest BCUT2D eigenvalue weighted by molar-refractivity contribution is 4.62. The van der Waals surface area contributed by atoms with Crippen molar-refractivity contribution in [2.45, 2.75) is 80.3 Å². The van der Waals surface area contributed by atoms with Crippen molar-refractivity contribution in [3.63, 3.8) is 0 Å². The molecule has 5 heteroatoms. The van der Waals surface area contributed by atoms with Gasteiger partial charge in [0.15, 0.2) is 0 Å². The van der Waals surface area contributed by atoms with Crippen LogP contribution in [-0.4, -0.2) is 72.8 Å². The third-order valence-corrected chi connectivity index (χ3v) is 4.59. The Balaban J connectivity index is 4.45. The minimum atomic E-state index is 0.00880. The fourth-order valence-corrected chi connectivity index (χ4v) is 2.71. The van der Waals surface area contributed by atoms with Crippen LogP contribution in [0.25, 0.3) is 0 Å². The predicted molar refractivity (Wildman–Crippen MR) is 93.6 cm³/mol. The topological polar surface area (TPSA) is 28.2 Å². The first-order chi connectivity index (χ1) is 10.3. The summed E-state index contributed by atoms with van der Waals surface area (Å²) in [6.45, 7) is 21.0. The van der Waals surface area contributed by atoms with Gasteiger partial charge in [-0.1, -0.05) is 27.7 Å². The summed E-state index contributed by atoms with van der Waals surface area (Å²) in [5.41, 5.74) is 0. The lowest BCUT2D eigenvalue weighted by Crippen LogP contribution is -2.47. The van der Waals surface area contributed by atoms with Crippen LogP contribution in [0, 0.1) is 0 Å². The van der Waals surface area contributed by atoms with E-state index in [9.17, 15) is 0 Å². The lowest BCUT2D eigenvalue weighted by Gasteiger charge is -2.37. The summed E-state index contributed by atoms with van der Waals surface area (Å²) in [5.74, 6) is 0. The maximum absolute atomic E-state index is 6.13. The molecule has 0 saturated heterocycles. The smallest absolute Gasteiger partial charge is 0.111 e. The van der Waals surface area contributed by atoms with Gasteiger partial charge in [0, 0.05) is 0 Å². The van der Waals surface area contributed by atoms with Gasteiger partial charge in [0.1, 0.15) is 24.9 Å². The van der Waals surface area contributed by atoms with E-state index in [1.54, 1.807) is 0 Å². The van der Waals surface area contributed by atoms with E-state index in [1.807, 2.05) is 0 Å². The Labute approximate surface area is 138 Å². The zero-order chi connectivity index (χ0) is 17.3. The number of hydrogen-bond donors (Lipinski definition) is 0. The van der Waals surface area contributed by atoms with Crippen LogP contribution < -0.4 is 0 Å². The molecule has 4 unspecified atom stereocenters. The van der Waals surface area contributed by atoms with E-state index in [4.69, 9.17) is 9.47 Å². The minimum Gasteiger partial charge on any atom is -0.345 e. The van der Waals surface area contributed by atoms with Crippen molar-refractivity contribution in [1.82, 2.24) is 14.7 Å². The fourth-order valence-electron chi connectivity index (χ4n) is 2.71. The zero-order valence-corrected chi connectivity index (χ0v) is 16.3. The minimum absolute atomic E-state index is 0.00880. The molecule has 0 rings (SSSR count). The summed E-state index contributed by atoms with van der Waals surface area (Å²) in [6.07, 6.45) is 0.240. The highest BCUT2D eigenvalue weighted by atomic mass is 16.6. The molecule has 0 aromatic heterocycles. The average Bonchev–Trinajstić information content (AvgIpc) is 2.48. The van der Waals surface area contributed by atoms with Gasteiger partial charge in [0.2, 0.25) is 0 Å². The summed E-state index contributed by atoms with van der Waals surface area (Å²) < 4.78 is 12.3. The molecule has 0 aliphatic rings. The standard InChI is InChI=1S/C17H39N3O2/c1-10-19(11-2)16(7)21-14(5)18(9)15(6)22-17(8)20(12-3)13-4/h14-17H,10-13H2,1-9H3. The normalized spacial score (nSPS) is 18.0. The van der Waals surface area contributed by atoms with Gasteiger partial charge in [-0.2, -0.15) is 0 Å². The van der Waals surface area contributed by atoms with Gasteiger partial charge in [0.05, 0.1) is 0 Å². The zero-order valence-electron chi connectivity index (χ0n) is 16.3. The van der Waals surface area contributed by atoms with E-state index in [1.165, 1.54) is 0 Å². The molecular formula is C17H39N3O2. The van der Waals surface area contributed by atoms with Crippen LogP contribution in [0.3, 0.4) is 0 Å². The van der Waals surface area contributed by atoms with E-state index in [2.05, 4.69) is 77.1 Å². The van der Waals surface area contributed by atoms with Crippen LogP contribution in [0.2, 0.25) is 0 Å². The molecule has 0 aliphatic heterocycles. The quantitative estimate of drug-likeness (QED) is 0.516. The van der Waals surface area contributed by atoms with Crippen molar-refractivity contribution in [2.75, 3.05) is 33.2 Å². The van der Waals surface area contributed by atoms with E-state index in [-0.39, 0.29) is 24.9 Å². The van der Waals surface area contributed by atoms with Gasteiger partial charge in [0.25, 0.3) is 0 Å². The van der Waals surface area contributed by atoms with Gasteiger partial charge < -0.3 is 9.47 Å².